The SMILES string of the molecule is CCOc1ccc(Cc2cc(C3OC(C)CC(C)C3OC(C)=O)ccc2Cl)cc1. The number of carbonyl (C=O) groups is 1. The van der Waals surface area contributed by atoms with Crippen molar-refractivity contribution < 1.29 is 19.0 Å². The van der Waals surface area contributed by atoms with Crippen LogP contribution in [0.3, 0.4) is 0 Å². The number of rotatable bonds is 6. The Bertz CT molecular complexity index is 833. The standard InChI is InChI=1S/C24H29ClO4/c1-5-27-21-9-6-18(7-10-21)13-20-14-19(8-11-22(20)25)24-23(29-17(4)26)15(2)12-16(3)28-24/h6-11,14-16,23-24H,5,12-13H2,1-4H3. The summed E-state index contributed by atoms with van der Waals surface area (Å²) < 4.78 is 17.4. The van der Waals surface area contributed by atoms with Crippen molar-refractivity contribution in [2.75, 3.05) is 6.61 Å². The van der Waals surface area contributed by atoms with Crippen LogP contribution < -0.4 is 4.74 Å². The molecule has 4 unspecified atom stereocenters. The van der Waals surface area contributed by atoms with Crippen LogP contribution in [-0.4, -0.2) is 24.8 Å². The van der Waals surface area contributed by atoms with Crippen molar-refractivity contribution in [3.63, 3.8) is 0 Å². The third kappa shape index (κ3) is 5.52. The predicted molar refractivity (Wildman–Crippen MR) is 114 cm³/mol. The lowest BCUT2D eigenvalue weighted by Gasteiger charge is -2.39. The molecule has 3 rings (SSSR count). The molecule has 0 bridgehead atoms. The Kier molecular flexibility index (Phi) is 7.20. The van der Waals surface area contributed by atoms with Gasteiger partial charge in [0.05, 0.1) is 12.7 Å². The van der Waals surface area contributed by atoms with Gasteiger partial charge in [-0.2, -0.15) is 0 Å². The highest BCUT2D eigenvalue weighted by molar-refractivity contribution is 6.31. The fourth-order valence-electron chi connectivity index (χ4n) is 3.97. The van der Waals surface area contributed by atoms with E-state index in [4.69, 9.17) is 25.8 Å². The molecule has 0 spiro atoms. The largest absolute Gasteiger partial charge is 0.494 e. The monoisotopic (exact) mass is 416 g/mol. The van der Waals surface area contributed by atoms with Crippen molar-refractivity contribution in [2.24, 2.45) is 5.92 Å². The summed E-state index contributed by atoms with van der Waals surface area (Å²) in [6.07, 6.45) is 1.07. The summed E-state index contributed by atoms with van der Waals surface area (Å²) in [5.41, 5.74) is 3.15. The second-order valence-electron chi connectivity index (χ2n) is 7.76. The predicted octanol–water partition coefficient (Wildman–Crippen LogP) is 5.75. The van der Waals surface area contributed by atoms with Crippen LogP contribution in [0.25, 0.3) is 0 Å². The van der Waals surface area contributed by atoms with Crippen molar-refractivity contribution in [3.05, 3.63) is 64.2 Å². The number of hydrogen-bond donors (Lipinski definition) is 0. The summed E-state index contributed by atoms with van der Waals surface area (Å²) >= 11 is 6.49. The Balaban J connectivity index is 1.85. The van der Waals surface area contributed by atoms with E-state index in [0.717, 1.165) is 28.9 Å². The lowest BCUT2D eigenvalue weighted by Crippen LogP contribution is -2.40. The van der Waals surface area contributed by atoms with E-state index in [1.807, 2.05) is 31.2 Å². The minimum absolute atomic E-state index is 0.104. The van der Waals surface area contributed by atoms with Crippen molar-refractivity contribution in [2.45, 2.75) is 58.8 Å². The van der Waals surface area contributed by atoms with E-state index in [9.17, 15) is 4.79 Å². The maximum absolute atomic E-state index is 11.6. The van der Waals surface area contributed by atoms with Gasteiger partial charge in [0.1, 0.15) is 18.0 Å². The summed E-state index contributed by atoms with van der Waals surface area (Å²) in [4.78, 5) is 11.6. The van der Waals surface area contributed by atoms with E-state index in [1.54, 1.807) is 0 Å². The van der Waals surface area contributed by atoms with Gasteiger partial charge in [0.25, 0.3) is 0 Å². The number of hydrogen-bond acceptors (Lipinski definition) is 4. The number of esters is 1. The van der Waals surface area contributed by atoms with E-state index in [-0.39, 0.29) is 30.2 Å². The summed E-state index contributed by atoms with van der Waals surface area (Å²) in [6.45, 7) is 8.23. The van der Waals surface area contributed by atoms with Gasteiger partial charge < -0.3 is 14.2 Å². The highest BCUT2D eigenvalue weighted by Crippen LogP contribution is 2.38. The molecule has 29 heavy (non-hydrogen) atoms. The van der Waals surface area contributed by atoms with Gasteiger partial charge in [-0.25, -0.2) is 0 Å². The summed E-state index contributed by atoms with van der Waals surface area (Å²) in [7, 11) is 0. The zero-order valence-electron chi connectivity index (χ0n) is 17.5. The Labute approximate surface area is 178 Å². The molecule has 1 aliphatic heterocycles. The lowest BCUT2D eigenvalue weighted by molar-refractivity contribution is -0.180. The normalized spacial score (nSPS) is 24.2. The van der Waals surface area contributed by atoms with Gasteiger partial charge in [0.15, 0.2) is 0 Å². The number of benzene rings is 2. The van der Waals surface area contributed by atoms with Gasteiger partial charge in [-0.3, -0.25) is 4.79 Å². The van der Waals surface area contributed by atoms with Gasteiger partial charge >= 0.3 is 5.97 Å². The molecule has 0 aliphatic carbocycles. The van der Waals surface area contributed by atoms with Gasteiger partial charge in [0, 0.05) is 11.9 Å². The van der Waals surface area contributed by atoms with Gasteiger partial charge in [0.2, 0.25) is 0 Å². The molecule has 5 heteroatoms. The molecule has 1 fully saturated rings. The summed E-state index contributed by atoms with van der Waals surface area (Å²) in [5, 5.41) is 0.712. The van der Waals surface area contributed by atoms with Crippen molar-refractivity contribution in [3.8, 4) is 5.75 Å². The van der Waals surface area contributed by atoms with Crippen LogP contribution in [-0.2, 0) is 20.7 Å². The van der Waals surface area contributed by atoms with Gasteiger partial charge in [-0.15, -0.1) is 0 Å². The van der Waals surface area contributed by atoms with E-state index < -0.39 is 0 Å². The molecule has 1 saturated heterocycles. The molecule has 0 aromatic heterocycles. The van der Waals surface area contributed by atoms with Crippen LogP contribution in [0.4, 0.5) is 0 Å². The van der Waals surface area contributed by atoms with E-state index in [2.05, 4.69) is 32.0 Å². The van der Waals surface area contributed by atoms with Crippen molar-refractivity contribution >= 4 is 17.6 Å². The first-order chi connectivity index (χ1) is 13.9. The minimum atomic E-state index is -0.303. The second-order valence-corrected chi connectivity index (χ2v) is 8.17. The van der Waals surface area contributed by atoms with Crippen molar-refractivity contribution in [1.29, 1.82) is 0 Å². The van der Waals surface area contributed by atoms with Gasteiger partial charge in [-0.05, 0) is 67.5 Å². The first-order valence-corrected chi connectivity index (χ1v) is 10.6. The van der Waals surface area contributed by atoms with Crippen LogP contribution in [0.2, 0.25) is 5.02 Å². The Hall–Kier alpha value is -2.04. The van der Waals surface area contributed by atoms with E-state index >= 15 is 0 Å². The second kappa shape index (κ2) is 9.64. The fraction of sp³-hybridized carbons (Fsp3) is 0.458. The third-order valence-corrected chi connectivity index (χ3v) is 5.64. The maximum Gasteiger partial charge on any atom is 0.303 e. The maximum atomic E-state index is 11.6. The van der Waals surface area contributed by atoms with Crippen LogP contribution >= 0.6 is 11.6 Å². The molecular formula is C24H29ClO4. The van der Waals surface area contributed by atoms with Crippen LogP contribution in [0.1, 0.15) is 56.9 Å². The summed E-state index contributed by atoms with van der Waals surface area (Å²) in [5.74, 6) is 0.797. The molecule has 156 valence electrons. The number of ether oxygens (including phenoxy) is 3. The lowest BCUT2D eigenvalue weighted by atomic mass is 9.86. The first-order valence-electron chi connectivity index (χ1n) is 10.2. The molecule has 1 aliphatic rings. The fourth-order valence-corrected chi connectivity index (χ4v) is 4.16. The zero-order chi connectivity index (χ0) is 21.0. The zero-order valence-corrected chi connectivity index (χ0v) is 18.2. The first kappa shape index (κ1) is 21.7. The highest BCUT2D eigenvalue weighted by Gasteiger charge is 2.38. The van der Waals surface area contributed by atoms with Gasteiger partial charge in [-0.1, -0.05) is 42.8 Å². The van der Waals surface area contributed by atoms with Crippen molar-refractivity contribution in [1.82, 2.24) is 0 Å². The van der Waals surface area contributed by atoms with Crippen LogP contribution in [0, 0.1) is 5.92 Å². The molecule has 0 saturated carbocycles. The third-order valence-electron chi connectivity index (χ3n) is 5.27. The highest BCUT2D eigenvalue weighted by atomic mass is 35.5. The molecule has 4 nitrogen and oxygen atoms in total. The molecule has 1 heterocycles. The average Bonchev–Trinajstić information content (AvgIpc) is 2.67. The number of halogens is 1. The molecule has 2 aromatic rings. The van der Waals surface area contributed by atoms with E-state index in [1.165, 1.54) is 6.92 Å². The average molecular weight is 417 g/mol. The molecule has 0 amide bonds. The Morgan fingerprint density at radius 1 is 1.17 bits per heavy atom. The molecule has 4 atom stereocenters. The smallest absolute Gasteiger partial charge is 0.303 e. The summed E-state index contributed by atoms with van der Waals surface area (Å²) in [6, 6.07) is 14.0. The minimum Gasteiger partial charge on any atom is -0.494 e. The Morgan fingerprint density at radius 2 is 1.90 bits per heavy atom. The topological polar surface area (TPSA) is 44.8 Å². The van der Waals surface area contributed by atoms with Crippen LogP contribution in [0.5, 0.6) is 5.75 Å². The Morgan fingerprint density at radius 3 is 2.55 bits per heavy atom. The quantitative estimate of drug-likeness (QED) is 0.562. The molecule has 0 N–H and O–H groups in total. The number of carbonyl (C=O) groups excluding carboxylic acids is 1. The van der Waals surface area contributed by atoms with Crippen LogP contribution in [0.15, 0.2) is 42.5 Å². The molecule has 0 radical (unpaired) electrons. The van der Waals surface area contributed by atoms with E-state index in [0.29, 0.717) is 18.1 Å². The molecular weight excluding hydrogens is 388 g/mol. The molecule has 2 aromatic carbocycles.